The highest BCUT2D eigenvalue weighted by Crippen LogP contribution is 2.16. The summed E-state index contributed by atoms with van der Waals surface area (Å²) in [5.41, 5.74) is 0. The van der Waals surface area contributed by atoms with Crippen molar-refractivity contribution in [2.45, 2.75) is 32.4 Å². The first kappa shape index (κ1) is 16.6. The molecular weight excluding hydrogens is 282 g/mol. The Kier molecular flexibility index (Phi) is 6.63. The van der Waals surface area contributed by atoms with Gasteiger partial charge in [0.2, 0.25) is 5.91 Å². The molecule has 0 aromatic carbocycles. The second kappa shape index (κ2) is 7.98. The van der Waals surface area contributed by atoms with Gasteiger partial charge in [0.05, 0.1) is 0 Å². The number of thioether (sulfide) groups is 1. The van der Waals surface area contributed by atoms with Crippen LogP contribution < -0.4 is 10.6 Å². The number of urea groups is 1. The maximum absolute atomic E-state index is 11.9. The summed E-state index contributed by atoms with van der Waals surface area (Å²) in [5.74, 6) is -0.00377. The van der Waals surface area contributed by atoms with Gasteiger partial charge in [-0.25, -0.2) is 9.59 Å². The Morgan fingerprint density at radius 1 is 1.40 bits per heavy atom. The molecule has 8 heteroatoms. The minimum Gasteiger partial charge on any atom is -0.480 e. The van der Waals surface area contributed by atoms with Crippen LogP contribution in [0.3, 0.4) is 0 Å². The van der Waals surface area contributed by atoms with Crippen molar-refractivity contribution in [2.75, 3.05) is 24.6 Å². The third-order valence-electron chi connectivity index (χ3n) is 2.75. The summed E-state index contributed by atoms with van der Waals surface area (Å²) in [7, 11) is 0. The van der Waals surface area contributed by atoms with E-state index in [2.05, 4.69) is 10.6 Å². The minimum absolute atomic E-state index is 0.0636. The summed E-state index contributed by atoms with van der Waals surface area (Å²) in [5, 5.41) is 14.4. The SMILES string of the molecule is CC(C)NC(=O)CCNC(=O)N1CCSCC1C(=O)O. The zero-order valence-corrected chi connectivity index (χ0v) is 12.5. The lowest BCUT2D eigenvalue weighted by Gasteiger charge is -2.32. The zero-order valence-electron chi connectivity index (χ0n) is 11.7. The van der Waals surface area contributed by atoms with Gasteiger partial charge in [0.1, 0.15) is 6.04 Å². The molecule has 0 aromatic rings. The summed E-state index contributed by atoms with van der Waals surface area (Å²) in [6.07, 6.45) is 0.185. The van der Waals surface area contributed by atoms with E-state index in [9.17, 15) is 14.4 Å². The number of carboxylic acid groups (broad SMARTS) is 1. The van der Waals surface area contributed by atoms with Crippen LogP contribution in [0.5, 0.6) is 0 Å². The van der Waals surface area contributed by atoms with Crippen molar-refractivity contribution in [1.82, 2.24) is 15.5 Å². The summed E-state index contributed by atoms with van der Waals surface area (Å²) < 4.78 is 0. The lowest BCUT2D eigenvalue weighted by molar-refractivity contribution is -0.141. The number of nitrogens with one attached hydrogen (secondary N) is 2. The number of carbonyl (C=O) groups excluding carboxylic acids is 2. The number of amides is 3. The van der Waals surface area contributed by atoms with E-state index < -0.39 is 18.0 Å². The average Bonchev–Trinajstić information content (AvgIpc) is 2.37. The molecule has 3 N–H and O–H groups in total. The molecule has 114 valence electrons. The third kappa shape index (κ3) is 5.28. The molecule has 0 bridgehead atoms. The summed E-state index contributed by atoms with van der Waals surface area (Å²) in [6.45, 7) is 4.33. The van der Waals surface area contributed by atoms with E-state index in [1.807, 2.05) is 13.8 Å². The van der Waals surface area contributed by atoms with Crippen molar-refractivity contribution in [1.29, 1.82) is 0 Å². The van der Waals surface area contributed by atoms with Crippen LogP contribution in [0.15, 0.2) is 0 Å². The normalized spacial score (nSPS) is 18.8. The van der Waals surface area contributed by atoms with E-state index in [0.29, 0.717) is 12.3 Å². The van der Waals surface area contributed by atoms with E-state index >= 15 is 0 Å². The molecular formula is C12H21N3O4S. The maximum Gasteiger partial charge on any atom is 0.327 e. The average molecular weight is 303 g/mol. The molecule has 1 atom stereocenters. The predicted octanol–water partition coefficient (Wildman–Crippen LogP) is 0.113. The van der Waals surface area contributed by atoms with Gasteiger partial charge in [-0.05, 0) is 13.8 Å². The van der Waals surface area contributed by atoms with Gasteiger partial charge in [0.25, 0.3) is 0 Å². The molecule has 1 saturated heterocycles. The molecule has 1 unspecified atom stereocenters. The van der Waals surface area contributed by atoms with Gasteiger partial charge in [-0.3, -0.25) is 4.79 Å². The predicted molar refractivity (Wildman–Crippen MR) is 76.7 cm³/mol. The smallest absolute Gasteiger partial charge is 0.327 e. The Hall–Kier alpha value is -1.44. The largest absolute Gasteiger partial charge is 0.480 e. The number of carboxylic acids is 1. The summed E-state index contributed by atoms with van der Waals surface area (Å²) >= 11 is 1.52. The van der Waals surface area contributed by atoms with Gasteiger partial charge < -0.3 is 20.6 Å². The second-order valence-electron chi connectivity index (χ2n) is 4.83. The lowest BCUT2D eigenvalue weighted by Crippen LogP contribution is -2.54. The van der Waals surface area contributed by atoms with E-state index in [0.717, 1.165) is 5.75 Å². The standard InChI is InChI=1S/C12H21N3O4S/c1-8(2)14-10(16)3-4-13-12(19)15-5-6-20-7-9(15)11(17)18/h8-9H,3-7H2,1-2H3,(H,13,19)(H,14,16)(H,17,18). The van der Waals surface area contributed by atoms with Crippen molar-refractivity contribution in [3.05, 3.63) is 0 Å². The van der Waals surface area contributed by atoms with Gasteiger partial charge in [0, 0.05) is 37.1 Å². The molecule has 3 amide bonds. The highest BCUT2D eigenvalue weighted by Gasteiger charge is 2.32. The molecule has 0 saturated carbocycles. The first-order valence-corrected chi connectivity index (χ1v) is 7.71. The number of nitrogens with zero attached hydrogens (tertiary/aromatic N) is 1. The van der Waals surface area contributed by atoms with Crippen molar-refractivity contribution in [2.24, 2.45) is 0 Å². The topological polar surface area (TPSA) is 98.7 Å². The molecule has 1 fully saturated rings. The monoisotopic (exact) mass is 303 g/mol. The quantitative estimate of drug-likeness (QED) is 0.670. The fourth-order valence-corrected chi connectivity index (χ4v) is 2.87. The minimum atomic E-state index is -0.995. The Morgan fingerprint density at radius 3 is 2.70 bits per heavy atom. The van der Waals surface area contributed by atoms with Gasteiger partial charge in [-0.15, -0.1) is 0 Å². The van der Waals surface area contributed by atoms with Crippen molar-refractivity contribution >= 4 is 29.7 Å². The van der Waals surface area contributed by atoms with Crippen molar-refractivity contribution in [3.8, 4) is 0 Å². The van der Waals surface area contributed by atoms with E-state index in [1.165, 1.54) is 16.7 Å². The molecule has 0 spiro atoms. The van der Waals surface area contributed by atoms with E-state index in [-0.39, 0.29) is 24.9 Å². The fraction of sp³-hybridized carbons (Fsp3) is 0.750. The molecule has 7 nitrogen and oxygen atoms in total. The molecule has 1 aliphatic rings. The van der Waals surface area contributed by atoms with Crippen LogP contribution in [0, 0.1) is 0 Å². The molecule has 1 heterocycles. The number of carbonyl (C=O) groups is 3. The van der Waals surface area contributed by atoms with E-state index in [4.69, 9.17) is 5.11 Å². The molecule has 1 rings (SSSR count). The Morgan fingerprint density at radius 2 is 2.10 bits per heavy atom. The Labute approximate surface area is 122 Å². The lowest BCUT2D eigenvalue weighted by atomic mass is 10.3. The first-order valence-electron chi connectivity index (χ1n) is 6.56. The Balaban J connectivity index is 2.37. The van der Waals surface area contributed by atoms with Crippen LogP contribution in [0.4, 0.5) is 4.79 Å². The van der Waals surface area contributed by atoms with Crippen molar-refractivity contribution < 1.29 is 19.5 Å². The van der Waals surface area contributed by atoms with Gasteiger partial charge in [0.15, 0.2) is 0 Å². The fourth-order valence-electron chi connectivity index (χ4n) is 1.83. The van der Waals surface area contributed by atoms with Crippen molar-refractivity contribution in [3.63, 3.8) is 0 Å². The second-order valence-corrected chi connectivity index (χ2v) is 5.98. The van der Waals surface area contributed by atoms with Crippen LogP contribution in [0.2, 0.25) is 0 Å². The number of hydrogen-bond acceptors (Lipinski definition) is 4. The highest BCUT2D eigenvalue weighted by atomic mass is 32.2. The molecule has 0 aromatic heterocycles. The van der Waals surface area contributed by atoms with E-state index in [1.54, 1.807) is 0 Å². The molecule has 0 aliphatic carbocycles. The van der Waals surface area contributed by atoms with Gasteiger partial charge >= 0.3 is 12.0 Å². The molecule has 1 aliphatic heterocycles. The third-order valence-corrected chi connectivity index (χ3v) is 3.78. The van der Waals surface area contributed by atoms with Crippen LogP contribution in [-0.2, 0) is 9.59 Å². The van der Waals surface area contributed by atoms with Crippen LogP contribution in [0.1, 0.15) is 20.3 Å². The first-order chi connectivity index (χ1) is 9.41. The highest BCUT2D eigenvalue weighted by molar-refractivity contribution is 7.99. The Bertz CT molecular complexity index is 376. The van der Waals surface area contributed by atoms with Crippen LogP contribution >= 0.6 is 11.8 Å². The maximum atomic E-state index is 11.9. The van der Waals surface area contributed by atoms with Gasteiger partial charge in [-0.1, -0.05) is 0 Å². The number of hydrogen-bond donors (Lipinski definition) is 3. The molecule has 0 radical (unpaired) electrons. The summed E-state index contributed by atoms with van der Waals surface area (Å²) in [4.78, 5) is 35.7. The molecule has 20 heavy (non-hydrogen) atoms. The van der Waals surface area contributed by atoms with Crippen LogP contribution in [-0.4, -0.2) is 64.6 Å². The zero-order chi connectivity index (χ0) is 15.1. The van der Waals surface area contributed by atoms with Gasteiger partial charge in [-0.2, -0.15) is 11.8 Å². The summed E-state index contributed by atoms with van der Waals surface area (Å²) in [6, 6.07) is -1.15. The number of rotatable bonds is 5. The number of aliphatic carboxylic acids is 1. The van der Waals surface area contributed by atoms with Crippen LogP contribution in [0.25, 0.3) is 0 Å².